The second-order valence-corrected chi connectivity index (χ2v) is 5.58. The van der Waals surface area contributed by atoms with Crippen molar-refractivity contribution in [2.75, 3.05) is 18.5 Å². The molecule has 2 N–H and O–H groups in total. The average Bonchev–Trinajstić information content (AvgIpc) is 2.66. The zero-order valence-corrected chi connectivity index (χ0v) is 14.4. The fourth-order valence-corrected chi connectivity index (χ4v) is 2.39. The van der Waals surface area contributed by atoms with Gasteiger partial charge in [0.2, 0.25) is 0 Å². The maximum absolute atomic E-state index is 12.5. The highest BCUT2D eigenvalue weighted by Crippen LogP contribution is 2.19. The van der Waals surface area contributed by atoms with Crippen molar-refractivity contribution in [1.29, 1.82) is 0 Å². The fourth-order valence-electron chi connectivity index (χ4n) is 2.39. The lowest BCUT2D eigenvalue weighted by Crippen LogP contribution is -2.30. The standard InChI is InChI=1S/C20H20N2O4/c1-22(18(23)11-12-19(24)25)17-10-6-5-9-16(17)20(26)21-14-13-15-7-3-2-4-8-15/h2-12H,13-14H2,1H3,(H,21,26)(H,24,25)/b12-11+. The normalized spacial score (nSPS) is 10.5. The number of hydrogen-bond donors (Lipinski definition) is 2. The van der Waals surface area contributed by atoms with Gasteiger partial charge >= 0.3 is 5.97 Å². The predicted molar refractivity (Wildman–Crippen MR) is 99.1 cm³/mol. The van der Waals surface area contributed by atoms with Crippen molar-refractivity contribution in [2.45, 2.75) is 6.42 Å². The number of carboxylic acids is 1. The van der Waals surface area contributed by atoms with Crippen molar-refractivity contribution < 1.29 is 19.5 Å². The minimum atomic E-state index is -1.21. The molecule has 2 aromatic rings. The third-order valence-electron chi connectivity index (χ3n) is 3.75. The molecule has 2 amide bonds. The molecular weight excluding hydrogens is 332 g/mol. The van der Waals surface area contributed by atoms with Crippen LogP contribution in [0.25, 0.3) is 0 Å². The summed E-state index contributed by atoms with van der Waals surface area (Å²) in [6, 6.07) is 16.5. The van der Waals surface area contributed by atoms with Crippen molar-refractivity contribution in [3.8, 4) is 0 Å². The van der Waals surface area contributed by atoms with Crippen LogP contribution in [-0.2, 0) is 16.0 Å². The Morgan fingerprint density at radius 1 is 1.00 bits per heavy atom. The molecule has 0 atom stereocenters. The molecule has 6 nitrogen and oxygen atoms in total. The SMILES string of the molecule is CN(C(=O)/C=C/C(=O)O)c1ccccc1C(=O)NCCc1ccccc1. The molecule has 2 rings (SSSR count). The van der Waals surface area contributed by atoms with Gasteiger partial charge in [0, 0.05) is 25.7 Å². The van der Waals surface area contributed by atoms with Gasteiger partial charge < -0.3 is 15.3 Å². The minimum Gasteiger partial charge on any atom is -0.478 e. The van der Waals surface area contributed by atoms with Gasteiger partial charge in [-0.3, -0.25) is 9.59 Å². The third kappa shape index (κ3) is 5.31. The van der Waals surface area contributed by atoms with Gasteiger partial charge in [0.1, 0.15) is 0 Å². The lowest BCUT2D eigenvalue weighted by atomic mass is 10.1. The van der Waals surface area contributed by atoms with Crippen molar-refractivity contribution in [3.05, 3.63) is 77.9 Å². The quantitative estimate of drug-likeness (QED) is 0.749. The molecule has 6 heteroatoms. The van der Waals surface area contributed by atoms with Crippen LogP contribution in [0.15, 0.2) is 66.7 Å². The summed E-state index contributed by atoms with van der Waals surface area (Å²) >= 11 is 0. The van der Waals surface area contributed by atoms with Crippen molar-refractivity contribution in [1.82, 2.24) is 5.32 Å². The summed E-state index contributed by atoms with van der Waals surface area (Å²) in [5.74, 6) is -2.03. The monoisotopic (exact) mass is 352 g/mol. The van der Waals surface area contributed by atoms with Crippen molar-refractivity contribution >= 4 is 23.5 Å². The number of para-hydroxylation sites is 1. The highest BCUT2D eigenvalue weighted by atomic mass is 16.4. The van der Waals surface area contributed by atoms with Crippen LogP contribution >= 0.6 is 0 Å². The first kappa shape index (κ1) is 18.9. The highest BCUT2D eigenvalue weighted by Gasteiger charge is 2.16. The average molecular weight is 352 g/mol. The number of hydrogen-bond acceptors (Lipinski definition) is 3. The second-order valence-electron chi connectivity index (χ2n) is 5.58. The van der Waals surface area contributed by atoms with E-state index in [2.05, 4.69) is 5.32 Å². The number of aliphatic carboxylic acids is 1. The van der Waals surface area contributed by atoms with Gasteiger partial charge in [-0.1, -0.05) is 42.5 Å². The van der Waals surface area contributed by atoms with Crippen LogP contribution in [0.1, 0.15) is 15.9 Å². The van der Waals surface area contributed by atoms with E-state index in [1.807, 2.05) is 30.3 Å². The van der Waals surface area contributed by atoms with E-state index in [-0.39, 0.29) is 5.91 Å². The maximum Gasteiger partial charge on any atom is 0.328 e. The number of carboxylic acid groups (broad SMARTS) is 1. The zero-order valence-electron chi connectivity index (χ0n) is 14.4. The fraction of sp³-hybridized carbons (Fsp3) is 0.150. The second kappa shape index (κ2) is 9.17. The number of anilines is 1. The van der Waals surface area contributed by atoms with Crippen LogP contribution in [0.5, 0.6) is 0 Å². The summed E-state index contributed by atoms with van der Waals surface area (Å²) in [5, 5.41) is 11.5. The molecule has 0 aliphatic rings. The molecule has 0 radical (unpaired) electrons. The van der Waals surface area contributed by atoms with E-state index < -0.39 is 11.9 Å². The van der Waals surface area contributed by atoms with Gasteiger partial charge in [-0.05, 0) is 24.1 Å². The van der Waals surface area contributed by atoms with Gasteiger partial charge in [-0.25, -0.2) is 4.79 Å². The molecule has 0 aliphatic carbocycles. The summed E-state index contributed by atoms with van der Waals surface area (Å²) < 4.78 is 0. The Balaban J connectivity index is 2.06. The first-order chi connectivity index (χ1) is 12.5. The molecule has 0 saturated heterocycles. The Morgan fingerprint density at radius 3 is 2.35 bits per heavy atom. The van der Waals surface area contributed by atoms with Crippen LogP contribution in [0.4, 0.5) is 5.69 Å². The van der Waals surface area contributed by atoms with Crippen LogP contribution in [-0.4, -0.2) is 36.5 Å². The molecule has 0 saturated carbocycles. The zero-order chi connectivity index (χ0) is 18.9. The van der Waals surface area contributed by atoms with Gasteiger partial charge in [0.15, 0.2) is 0 Å². The Hall–Kier alpha value is -3.41. The van der Waals surface area contributed by atoms with E-state index in [9.17, 15) is 14.4 Å². The molecule has 0 fully saturated rings. The first-order valence-corrected chi connectivity index (χ1v) is 8.09. The Bertz CT molecular complexity index is 816. The van der Waals surface area contributed by atoms with E-state index in [1.165, 1.54) is 11.9 Å². The molecule has 0 unspecified atom stereocenters. The van der Waals surface area contributed by atoms with Gasteiger partial charge in [-0.15, -0.1) is 0 Å². The number of carbonyl (C=O) groups excluding carboxylic acids is 2. The van der Waals surface area contributed by atoms with Gasteiger partial charge in [0.05, 0.1) is 11.3 Å². The number of amides is 2. The summed E-state index contributed by atoms with van der Waals surface area (Å²) in [6.45, 7) is 0.466. The number of nitrogens with one attached hydrogen (secondary N) is 1. The number of likely N-dealkylation sites (N-methyl/N-ethyl adjacent to an activating group) is 1. The Morgan fingerprint density at radius 2 is 1.65 bits per heavy atom. The van der Waals surface area contributed by atoms with Crippen molar-refractivity contribution in [2.24, 2.45) is 0 Å². The molecule has 134 valence electrons. The largest absolute Gasteiger partial charge is 0.478 e. The summed E-state index contributed by atoms with van der Waals surface area (Å²) in [6.07, 6.45) is 2.42. The molecule has 2 aromatic carbocycles. The number of carbonyl (C=O) groups is 3. The van der Waals surface area contributed by atoms with E-state index >= 15 is 0 Å². The van der Waals surface area contributed by atoms with Crippen LogP contribution in [0, 0.1) is 0 Å². The Kier molecular flexibility index (Phi) is 6.68. The molecule has 26 heavy (non-hydrogen) atoms. The molecule has 0 aromatic heterocycles. The van der Waals surface area contributed by atoms with Crippen LogP contribution in [0.2, 0.25) is 0 Å². The third-order valence-corrected chi connectivity index (χ3v) is 3.75. The minimum absolute atomic E-state index is 0.293. The molecule has 0 aliphatic heterocycles. The maximum atomic E-state index is 12.5. The number of rotatable bonds is 7. The van der Waals surface area contributed by atoms with Crippen molar-refractivity contribution in [3.63, 3.8) is 0 Å². The summed E-state index contributed by atoms with van der Waals surface area (Å²) in [7, 11) is 1.49. The number of benzene rings is 2. The van der Waals surface area contributed by atoms with E-state index in [0.29, 0.717) is 24.2 Å². The van der Waals surface area contributed by atoms with Gasteiger partial charge in [-0.2, -0.15) is 0 Å². The topological polar surface area (TPSA) is 86.7 Å². The molecule has 0 heterocycles. The smallest absolute Gasteiger partial charge is 0.328 e. The van der Waals surface area contributed by atoms with E-state index in [1.54, 1.807) is 24.3 Å². The summed E-state index contributed by atoms with van der Waals surface area (Å²) in [5.41, 5.74) is 1.87. The highest BCUT2D eigenvalue weighted by molar-refractivity contribution is 6.08. The first-order valence-electron chi connectivity index (χ1n) is 8.09. The lowest BCUT2D eigenvalue weighted by molar-refractivity contribution is -0.131. The summed E-state index contributed by atoms with van der Waals surface area (Å²) in [4.78, 5) is 36.3. The number of nitrogens with zero attached hydrogens (tertiary/aromatic N) is 1. The molecular formula is C20H20N2O4. The lowest BCUT2D eigenvalue weighted by Gasteiger charge is -2.19. The van der Waals surface area contributed by atoms with E-state index in [4.69, 9.17) is 5.11 Å². The predicted octanol–water partition coefficient (Wildman–Crippen LogP) is 2.26. The van der Waals surface area contributed by atoms with Crippen LogP contribution < -0.4 is 10.2 Å². The molecule has 0 bridgehead atoms. The van der Waals surface area contributed by atoms with Gasteiger partial charge in [0.25, 0.3) is 11.8 Å². The van der Waals surface area contributed by atoms with E-state index in [0.717, 1.165) is 17.7 Å². The Labute approximate surface area is 151 Å². The van der Waals surface area contributed by atoms with Crippen LogP contribution in [0.3, 0.4) is 0 Å². The molecule has 0 spiro atoms.